The van der Waals surface area contributed by atoms with E-state index in [9.17, 15) is 4.79 Å². The van der Waals surface area contributed by atoms with Crippen LogP contribution in [0, 0.1) is 22.7 Å². The third kappa shape index (κ3) is 2.05. The molecule has 2 aliphatic rings. The number of ether oxygens (including phenoxy) is 1. The van der Waals surface area contributed by atoms with Crippen LogP contribution in [0.5, 0.6) is 0 Å². The number of carbonyl (C=O) groups is 1. The molecule has 0 aromatic heterocycles. The molecule has 0 N–H and O–H groups in total. The lowest BCUT2D eigenvalue weighted by Crippen LogP contribution is -2.44. The third-order valence-electron chi connectivity index (χ3n) is 3.58. The second-order valence-corrected chi connectivity index (χ2v) is 4.91. The Morgan fingerprint density at radius 3 is 2.94 bits per heavy atom. The maximum absolute atomic E-state index is 12.1. The number of likely N-dealkylation sites (tertiary alicyclic amines) is 1. The first-order valence-corrected chi connectivity index (χ1v) is 5.91. The van der Waals surface area contributed by atoms with Crippen molar-refractivity contribution in [2.75, 3.05) is 26.8 Å². The summed E-state index contributed by atoms with van der Waals surface area (Å²) < 4.78 is 5.13. The fourth-order valence-corrected chi connectivity index (χ4v) is 2.42. The second-order valence-electron chi connectivity index (χ2n) is 4.91. The lowest BCUT2D eigenvalue weighted by Gasteiger charge is -2.33. The Kier molecular flexibility index (Phi) is 3.15. The van der Waals surface area contributed by atoms with Gasteiger partial charge in [-0.25, -0.2) is 0 Å². The van der Waals surface area contributed by atoms with E-state index in [-0.39, 0.29) is 5.91 Å². The van der Waals surface area contributed by atoms with Gasteiger partial charge in [0.15, 0.2) is 0 Å². The highest BCUT2D eigenvalue weighted by atomic mass is 16.5. The topological polar surface area (TPSA) is 53.3 Å². The Morgan fingerprint density at radius 1 is 1.62 bits per heavy atom. The van der Waals surface area contributed by atoms with Crippen LogP contribution in [-0.2, 0) is 9.53 Å². The van der Waals surface area contributed by atoms with Gasteiger partial charge >= 0.3 is 0 Å². The lowest BCUT2D eigenvalue weighted by atomic mass is 9.97. The van der Waals surface area contributed by atoms with E-state index < -0.39 is 5.41 Å². The van der Waals surface area contributed by atoms with Crippen molar-refractivity contribution < 1.29 is 9.53 Å². The summed E-state index contributed by atoms with van der Waals surface area (Å²) in [6.07, 6.45) is 3.64. The van der Waals surface area contributed by atoms with Crippen LogP contribution in [-0.4, -0.2) is 37.6 Å². The molecule has 16 heavy (non-hydrogen) atoms. The molecule has 1 heterocycles. The van der Waals surface area contributed by atoms with Crippen molar-refractivity contribution in [3.8, 4) is 6.07 Å². The van der Waals surface area contributed by atoms with E-state index in [1.807, 2.05) is 4.90 Å². The average Bonchev–Trinajstić information content (AvgIpc) is 3.10. The molecule has 88 valence electrons. The minimum atomic E-state index is -0.658. The molecule has 0 aromatic rings. The monoisotopic (exact) mass is 222 g/mol. The number of nitrogens with zero attached hydrogens (tertiary/aromatic N) is 2. The molecule has 1 saturated heterocycles. The number of carbonyl (C=O) groups excluding carboxylic acids is 1. The summed E-state index contributed by atoms with van der Waals surface area (Å²) in [7, 11) is 1.69. The number of amides is 1. The fraction of sp³-hybridized carbons (Fsp3) is 0.833. The third-order valence-corrected chi connectivity index (χ3v) is 3.58. The Bertz CT molecular complexity index is 315. The molecule has 0 bridgehead atoms. The van der Waals surface area contributed by atoms with Crippen LogP contribution < -0.4 is 0 Å². The number of piperidine rings is 1. The van der Waals surface area contributed by atoms with E-state index in [4.69, 9.17) is 10.00 Å². The van der Waals surface area contributed by atoms with Crippen molar-refractivity contribution in [2.24, 2.45) is 11.3 Å². The minimum Gasteiger partial charge on any atom is -0.384 e. The lowest BCUT2D eigenvalue weighted by molar-refractivity contribution is -0.137. The van der Waals surface area contributed by atoms with Crippen molar-refractivity contribution in [2.45, 2.75) is 25.7 Å². The number of rotatable bonds is 3. The smallest absolute Gasteiger partial charge is 0.243 e. The molecular formula is C12H18N2O2. The zero-order valence-corrected chi connectivity index (χ0v) is 9.74. The quantitative estimate of drug-likeness (QED) is 0.720. The summed E-state index contributed by atoms with van der Waals surface area (Å²) >= 11 is 0. The SMILES string of the molecule is COCC1CCCN(C(=O)C2(C#N)CC2)C1. The van der Waals surface area contributed by atoms with Gasteiger partial charge in [0.05, 0.1) is 12.7 Å². The molecule has 1 atom stereocenters. The molecule has 1 unspecified atom stereocenters. The molecular weight excluding hydrogens is 204 g/mol. The highest BCUT2D eigenvalue weighted by molar-refractivity contribution is 5.88. The second kappa shape index (κ2) is 4.42. The molecule has 0 spiro atoms. The standard InChI is InChI=1S/C12H18N2O2/c1-16-8-10-3-2-6-14(7-10)11(15)12(9-13)4-5-12/h10H,2-8H2,1H3. The Morgan fingerprint density at radius 2 is 2.38 bits per heavy atom. The van der Waals surface area contributed by atoms with Gasteiger partial charge in [0, 0.05) is 20.2 Å². The summed E-state index contributed by atoms with van der Waals surface area (Å²) in [6, 6.07) is 2.17. The predicted octanol–water partition coefficient (Wildman–Crippen LogP) is 1.18. The molecule has 4 nitrogen and oxygen atoms in total. The fourth-order valence-electron chi connectivity index (χ4n) is 2.42. The first-order chi connectivity index (χ1) is 7.72. The Labute approximate surface area is 96.2 Å². The van der Waals surface area contributed by atoms with Crippen LogP contribution in [0.25, 0.3) is 0 Å². The van der Waals surface area contributed by atoms with Gasteiger partial charge in [0.25, 0.3) is 0 Å². The number of hydrogen-bond donors (Lipinski definition) is 0. The van der Waals surface area contributed by atoms with E-state index >= 15 is 0 Å². The normalized spacial score (nSPS) is 27.2. The first kappa shape index (κ1) is 11.4. The zero-order chi connectivity index (χ0) is 11.6. The van der Waals surface area contributed by atoms with Gasteiger partial charge in [-0.2, -0.15) is 5.26 Å². The molecule has 1 aliphatic heterocycles. The van der Waals surface area contributed by atoms with Crippen LogP contribution in [0.15, 0.2) is 0 Å². The van der Waals surface area contributed by atoms with Crippen molar-refractivity contribution in [1.82, 2.24) is 4.90 Å². The molecule has 1 aliphatic carbocycles. The van der Waals surface area contributed by atoms with Crippen molar-refractivity contribution >= 4 is 5.91 Å². The van der Waals surface area contributed by atoms with Crippen LogP contribution in [0.4, 0.5) is 0 Å². The van der Waals surface area contributed by atoms with E-state index in [1.54, 1.807) is 7.11 Å². The van der Waals surface area contributed by atoms with Crippen LogP contribution in [0.3, 0.4) is 0 Å². The molecule has 2 fully saturated rings. The van der Waals surface area contributed by atoms with Gasteiger partial charge in [-0.05, 0) is 31.6 Å². The van der Waals surface area contributed by atoms with Crippen molar-refractivity contribution in [3.05, 3.63) is 0 Å². The van der Waals surface area contributed by atoms with Gasteiger partial charge in [-0.15, -0.1) is 0 Å². The van der Waals surface area contributed by atoms with Crippen molar-refractivity contribution in [1.29, 1.82) is 5.26 Å². The number of hydrogen-bond acceptors (Lipinski definition) is 3. The average molecular weight is 222 g/mol. The summed E-state index contributed by atoms with van der Waals surface area (Å²) in [5.41, 5.74) is -0.658. The first-order valence-electron chi connectivity index (χ1n) is 5.91. The minimum absolute atomic E-state index is 0.0517. The van der Waals surface area contributed by atoms with Crippen LogP contribution in [0.2, 0.25) is 0 Å². The summed E-state index contributed by atoms with van der Waals surface area (Å²) in [5.74, 6) is 0.494. The largest absolute Gasteiger partial charge is 0.384 e. The van der Waals surface area contributed by atoms with Crippen LogP contribution >= 0.6 is 0 Å². The molecule has 0 aromatic carbocycles. The Balaban J connectivity index is 1.95. The summed E-state index contributed by atoms with van der Waals surface area (Å²) in [6.45, 7) is 2.28. The zero-order valence-electron chi connectivity index (χ0n) is 9.74. The molecule has 4 heteroatoms. The van der Waals surface area contributed by atoms with E-state index in [0.717, 1.165) is 38.8 Å². The maximum Gasteiger partial charge on any atom is 0.243 e. The van der Waals surface area contributed by atoms with Gasteiger partial charge in [-0.3, -0.25) is 4.79 Å². The molecule has 0 radical (unpaired) electrons. The van der Waals surface area contributed by atoms with Gasteiger partial charge < -0.3 is 9.64 Å². The maximum atomic E-state index is 12.1. The highest BCUT2D eigenvalue weighted by Gasteiger charge is 2.52. The molecule has 2 rings (SSSR count). The van der Waals surface area contributed by atoms with Crippen LogP contribution in [0.1, 0.15) is 25.7 Å². The number of nitriles is 1. The highest BCUT2D eigenvalue weighted by Crippen LogP contribution is 2.46. The predicted molar refractivity (Wildman–Crippen MR) is 58.5 cm³/mol. The van der Waals surface area contributed by atoms with E-state index in [1.165, 1.54) is 0 Å². The summed E-state index contributed by atoms with van der Waals surface area (Å²) in [4.78, 5) is 14.0. The van der Waals surface area contributed by atoms with Gasteiger partial charge in [0.2, 0.25) is 5.91 Å². The number of methoxy groups -OCH3 is 1. The van der Waals surface area contributed by atoms with Crippen molar-refractivity contribution in [3.63, 3.8) is 0 Å². The van der Waals surface area contributed by atoms with E-state index in [2.05, 4.69) is 6.07 Å². The van der Waals surface area contributed by atoms with E-state index in [0.29, 0.717) is 12.5 Å². The Hall–Kier alpha value is -1.08. The summed E-state index contributed by atoms with van der Waals surface area (Å²) in [5, 5.41) is 9.00. The van der Waals surface area contributed by atoms with Gasteiger partial charge in [0.1, 0.15) is 5.41 Å². The molecule has 1 saturated carbocycles. The van der Waals surface area contributed by atoms with Gasteiger partial charge in [-0.1, -0.05) is 0 Å². The molecule has 1 amide bonds.